The van der Waals surface area contributed by atoms with E-state index in [2.05, 4.69) is 10.6 Å². The zero-order valence-electron chi connectivity index (χ0n) is 11.8. The Morgan fingerprint density at radius 3 is 2.89 bits per heavy atom. The van der Waals surface area contributed by atoms with Gasteiger partial charge < -0.3 is 15.4 Å². The Kier molecular flexibility index (Phi) is 4.43. The maximum atomic E-state index is 12.4. The van der Waals surface area contributed by atoms with Gasteiger partial charge in [-0.25, -0.2) is 0 Å². The van der Waals surface area contributed by atoms with E-state index in [1.165, 1.54) is 0 Å². The van der Waals surface area contributed by atoms with Crippen molar-refractivity contribution in [3.63, 3.8) is 0 Å². The van der Waals surface area contributed by atoms with Crippen LogP contribution < -0.4 is 10.6 Å². The second-order valence-electron chi connectivity index (χ2n) is 5.18. The Morgan fingerprint density at radius 1 is 1.47 bits per heavy atom. The molecule has 2 atom stereocenters. The van der Waals surface area contributed by atoms with Crippen LogP contribution in [0, 0.1) is 12.8 Å². The fourth-order valence-corrected chi connectivity index (χ4v) is 2.41. The first-order valence-corrected chi connectivity index (χ1v) is 6.79. The highest BCUT2D eigenvalue weighted by atomic mass is 16.5. The van der Waals surface area contributed by atoms with E-state index >= 15 is 0 Å². The van der Waals surface area contributed by atoms with Crippen molar-refractivity contribution in [3.05, 3.63) is 29.3 Å². The summed E-state index contributed by atoms with van der Waals surface area (Å²) in [4.78, 5) is 12.4. The molecule has 104 valence electrons. The van der Waals surface area contributed by atoms with Crippen LogP contribution in [0.3, 0.4) is 0 Å². The molecule has 19 heavy (non-hydrogen) atoms. The molecule has 1 fully saturated rings. The molecule has 0 aromatic heterocycles. The SMILES string of the molecule is CNc1ccc(C)cc1C(=O)NC(C)C1CCOC1. The molecule has 1 aromatic rings. The predicted molar refractivity (Wildman–Crippen MR) is 76.6 cm³/mol. The standard InChI is InChI=1S/C15H22N2O2/c1-10-4-5-14(16-3)13(8-10)15(18)17-11(2)12-6-7-19-9-12/h4-5,8,11-12,16H,6-7,9H2,1-3H3,(H,17,18). The Balaban J connectivity index is 2.08. The Hall–Kier alpha value is -1.55. The van der Waals surface area contributed by atoms with Gasteiger partial charge >= 0.3 is 0 Å². The van der Waals surface area contributed by atoms with Crippen molar-refractivity contribution in [2.24, 2.45) is 5.92 Å². The van der Waals surface area contributed by atoms with Crippen LogP contribution in [0.15, 0.2) is 18.2 Å². The topological polar surface area (TPSA) is 50.4 Å². The smallest absolute Gasteiger partial charge is 0.253 e. The van der Waals surface area contributed by atoms with Crippen LogP contribution in [0.2, 0.25) is 0 Å². The van der Waals surface area contributed by atoms with E-state index in [0.717, 1.165) is 30.9 Å². The van der Waals surface area contributed by atoms with Gasteiger partial charge in [-0.15, -0.1) is 0 Å². The van der Waals surface area contributed by atoms with E-state index < -0.39 is 0 Å². The zero-order chi connectivity index (χ0) is 13.8. The normalized spacial score (nSPS) is 20.1. The first-order valence-electron chi connectivity index (χ1n) is 6.79. The predicted octanol–water partition coefficient (Wildman–Crippen LogP) is 2.19. The molecule has 1 saturated heterocycles. The molecule has 0 aliphatic carbocycles. The van der Waals surface area contributed by atoms with Crippen molar-refractivity contribution in [3.8, 4) is 0 Å². The number of hydrogen-bond acceptors (Lipinski definition) is 3. The van der Waals surface area contributed by atoms with Crippen LogP contribution in [-0.4, -0.2) is 32.2 Å². The van der Waals surface area contributed by atoms with Gasteiger partial charge in [-0.1, -0.05) is 11.6 Å². The number of carbonyl (C=O) groups is 1. The van der Waals surface area contributed by atoms with Crippen molar-refractivity contribution in [2.75, 3.05) is 25.6 Å². The van der Waals surface area contributed by atoms with Crippen LogP contribution in [0.1, 0.15) is 29.3 Å². The van der Waals surface area contributed by atoms with Crippen LogP contribution in [0.25, 0.3) is 0 Å². The van der Waals surface area contributed by atoms with E-state index in [0.29, 0.717) is 11.5 Å². The summed E-state index contributed by atoms with van der Waals surface area (Å²) in [6.45, 7) is 5.59. The number of nitrogens with one attached hydrogen (secondary N) is 2. The van der Waals surface area contributed by atoms with Gasteiger partial charge in [-0.2, -0.15) is 0 Å². The van der Waals surface area contributed by atoms with E-state index in [9.17, 15) is 4.79 Å². The van der Waals surface area contributed by atoms with E-state index in [1.54, 1.807) is 0 Å². The maximum absolute atomic E-state index is 12.4. The van der Waals surface area contributed by atoms with Gasteiger partial charge in [-0.3, -0.25) is 4.79 Å². The summed E-state index contributed by atoms with van der Waals surface area (Å²) in [7, 11) is 1.83. The molecule has 1 aliphatic heterocycles. The van der Waals surface area contributed by atoms with Gasteiger partial charge in [0.2, 0.25) is 0 Å². The van der Waals surface area contributed by atoms with Crippen molar-refractivity contribution in [2.45, 2.75) is 26.3 Å². The van der Waals surface area contributed by atoms with Gasteiger partial charge in [0, 0.05) is 31.3 Å². The van der Waals surface area contributed by atoms with Gasteiger partial charge in [-0.05, 0) is 32.4 Å². The third kappa shape index (κ3) is 3.26. The van der Waals surface area contributed by atoms with Crippen molar-refractivity contribution < 1.29 is 9.53 Å². The lowest BCUT2D eigenvalue weighted by Gasteiger charge is -2.20. The molecule has 1 amide bonds. The lowest BCUT2D eigenvalue weighted by molar-refractivity contribution is 0.0923. The van der Waals surface area contributed by atoms with E-state index in [-0.39, 0.29) is 11.9 Å². The highest BCUT2D eigenvalue weighted by Gasteiger charge is 2.24. The third-order valence-corrected chi connectivity index (χ3v) is 3.72. The summed E-state index contributed by atoms with van der Waals surface area (Å²) in [5.74, 6) is 0.402. The number of ether oxygens (including phenoxy) is 1. The summed E-state index contributed by atoms with van der Waals surface area (Å²) >= 11 is 0. The first kappa shape index (κ1) is 13.9. The molecule has 2 rings (SSSR count). The summed E-state index contributed by atoms with van der Waals surface area (Å²) in [5, 5.41) is 6.14. The Morgan fingerprint density at radius 2 is 2.26 bits per heavy atom. The lowest BCUT2D eigenvalue weighted by atomic mass is 10.00. The van der Waals surface area contributed by atoms with E-state index in [4.69, 9.17) is 4.74 Å². The fraction of sp³-hybridized carbons (Fsp3) is 0.533. The molecule has 4 nitrogen and oxygen atoms in total. The number of hydrogen-bond donors (Lipinski definition) is 2. The minimum Gasteiger partial charge on any atom is -0.387 e. The highest BCUT2D eigenvalue weighted by molar-refractivity contribution is 5.99. The number of amides is 1. The fourth-order valence-electron chi connectivity index (χ4n) is 2.41. The summed E-state index contributed by atoms with van der Waals surface area (Å²) < 4.78 is 5.37. The van der Waals surface area contributed by atoms with Crippen LogP contribution in [0.4, 0.5) is 5.69 Å². The summed E-state index contributed by atoms with van der Waals surface area (Å²) in [5.41, 5.74) is 2.65. The van der Waals surface area contributed by atoms with Gasteiger partial charge in [0.15, 0.2) is 0 Å². The molecule has 0 spiro atoms. The zero-order valence-corrected chi connectivity index (χ0v) is 11.8. The molecule has 0 saturated carbocycles. The van der Waals surface area contributed by atoms with Crippen LogP contribution in [0.5, 0.6) is 0 Å². The van der Waals surface area contributed by atoms with Crippen molar-refractivity contribution >= 4 is 11.6 Å². The molecule has 1 aromatic carbocycles. The lowest BCUT2D eigenvalue weighted by Crippen LogP contribution is -2.38. The summed E-state index contributed by atoms with van der Waals surface area (Å²) in [6.07, 6.45) is 1.02. The molecular weight excluding hydrogens is 240 g/mol. The van der Waals surface area contributed by atoms with Gasteiger partial charge in [0.25, 0.3) is 5.91 Å². The number of rotatable bonds is 4. The number of anilines is 1. The molecule has 1 heterocycles. The first-order chi connectivity index (χ1) is 9.11. The Bertz CT molecular complexity index is 453. The minimum absolute atomic E-state index is 0.0209. The van der Waals surface area contributed by atoms with Crippen molar-refractivity contribution in [1.29, 1.82) is 0 Å². The average Bonchev–Trinajstić information content (AvgIpc) is 2.92. The molecule has 4 heteroatoms. The molecule has 2 unspecified atom stereocenters. The number of aryl methyl sites for hydroxylation is 1. The average molecular weight is 262 g/mol. The minimum atomic E-state index is -0.0209. The second kappa shape index (κ2) is 6.06. The Labute approximate surface area is 114 Å². The van der Waals surface area contributed by atoms with Crippen LogP contribution >= 0.6 is 0 Å². The van der Waals surface area contributed by atoms with Crippen molar-refractivity contribution in [1.82, 2.24) is 5.32 Å². The third-order valence-electron chi connectivity index (χ3n) is 3.72. The monoisotopic (exact) mass is 262 g/mol. The van der Waals surface area contributed by atoms with Gasteiger partial charge in [0.1, 0.15) is 0 Å². The summed E-state index contributed by atoms with van der Waals surface area (Å²) in [6, 6.07) is 5.99. The highest BCUT2D eigenvalue weighted by Crippen LogP contribution is 2.19. The van der Waals surface area contributed by atoms with Gasteiger partial charge in [0.05, 0.1) is 12.2 Å². The van der Waals surface area contributed by atoms with E-state index in [1.807, 2.05) is 39.1 Å². The molecule has 2 N–H and O–H groups in total. The maximum Gasteiger partial charge on any atom is 0.253 e. The second-order valence-corrected chi connectivity index (χ2v) is 5.18. The number of benzene rings is 1. The molecule has 0 bridgehead atoms. The molecular formula is C15H22N2O2. The number of carbonyl (C=O) groups excluding carboxylic acids is 1. The molecule has 1 aliphatic rings. The van der Waals surface area contributed by atoms with Crippen LogP contribution in [-0.2, 0) is 4.74 Å². The molecule has 0 radical (unpaired) electrons. The quantitative estimate of drug-likeness (QED) is 0.874. The largest absolute Gasteiger partial charge is 0.387 e.